The van der Waals surface area contributed by atoms with E-state index in [-0.39, 0.29) is 19.8 Å². The van der Waals surface area contributed by atoms with Crippen molar-refractivity contribution in [3.63, 3.8) is 0 Å². The molecule has 0 rings (SSSR count). The average Bonchev–Trinajstić information content (AvgIpc) is 2.15. The van der Waals surface area contributed by atoms with Gasteiger partial charge in [0.05, 0.1) is 13.2 Å². The monoisotopic (exact) mass is 178 g/mol. The molecule has 1 unspecified atom stereocenters. The van der Waals surface area contributed by atoms with Crippen LogP contribution in [0.25, 0.3) is 0 Å². The van der Waals surface area contributed by atoms with E-state index >= 15 is 0 Å². The van der Waals surface area contributed by atoms with Crippen LogP contribution in [0.2, 0.25) is 0 Å². The van der Waals surface area contributed by atoms with Crippen LogP contribution < -0.4 is 0 Å². The molecule has 0 aliphatic rings. The van der Waals surface area contributed by atoms with Crippen LogP contribution in [-0.2, 0) is 4.74 Å². The van der Waals surface area contributed by atoms with E-state index < -0.39 is 6.10 Å². The van der Waals surface area contributed by atoms with Crippen LogP contribution >= 0.6 is 0 Å². The van der Waals surface area contributed by atoms with Gasteiger partial charge in [0.15, 0.2) is 0 Å². The Hall–Kier alpha value is -0.420. The summed E-state index contributed by atoms with van der Waals surface area (Å²) in [6, 6.07) is 0. The third kappa shape index (κ3) is 12.3. The van der Waals surface area contributed by atoms with Crippen LogP contribution in [0.3, 0.4) is 0 Å². The molecule has 0 aromatic heterocycles. The minimum atomic E-state index is -0.793. The highest BCUT2D eigenvalue weighted by atomic mass is 16.5. The molecule has 4 nitrogen and oxygen atoms in total. The summed E-state index contributed by atoms with van der Waals surface area (Å²) in [6.45, 7) is 6.37. The van der Waals surface area contributed by atoms with Gasteiger partial charge in [0.1, 0.15) is 6.10 Å². The summed E-state index contributed by atoms with van der Waals surface area (Å²) in [5.74, 6) is 0. The molecule has 0 aromatic carbocycles. The van der Waals surface area contributed by atoms with Crippen LogP contribution in [0.4, 0.5) is 0 Å². The van der Waals surface area contributed by atoms with Crippen molar-refractivity contribution in [2.45, 2.75) is 12.5 Å². The van der Waals surface area contributed by atoms with Crippen LogP contribution in [0.15, 0.2) is 13.2 Å². The summed E-state index contributed by atoms with van der Waals surface area (Å²) < 4.78 is 4.86. The summed E-state index contributed by atoms with van der Waals surface area (Å²) in [4.78, 5) is 0. The summed E-state index contributed by atoms with van der Waals surface area (Å²) in [5.41, 5.74) is 0. The lowest BCUT2D eigenvalue weighted by molar-refractivity contribution is 0.00297. The number of aliphatic hydroxyl groups excluding tert-OH is 3. The molecule has 0 radical (unpaired) electrons. The summed E-state index contributed by atoms with van der Waals surface area (Å²) in [7, 11) is 0. The molecule has 0 saturated carbocycles. The van der Waals surface area contributed by atoms with Crippen molar-refractivity contribution >= 4 is 0 Å². The van der Waals surface area contributed by atoms with Crippen LogP contribution in [0, 0.1) is 0 Å². The van der Waals surface area contributed by atoms with Crippen molar-refractivity contribution in [2.24, 2.45) is 0 Å². The fourth-order valence-corrected chi connectivity index (χ4v) is 0.439. The first-order valence-electron chi connectivity index (χ1n) is 3.78. The molecule has 0 spiro atoms. The highest BCUT2D eigenvalue weighted by molar-refractivity contribution is 4.48. The highest BCUT2D eigenvalue weighted by Crippen LogP contribution is 1.85. The third-order valence-electron chi connectivity index (χ3n) is 0.968. The van der Waals surface area contributed by atoms with E-state index in [1.54, 1.807) is 0 Å². The summed E-state index contributed by atoms with van der Waals surface area (Å²) in [6.07, 6.45) is -0.225. The van der Waals surface area contributed by atoms with Crippen molar-refractivity contribution < 1.29 is 20.1 Å². The predicted octanol–water partition coefficient (Wildman–Crippen LogP) is -0.459. The molecular formula is C8H18O4. The first-order chi connectivity index (χ1) is 5.81. The van der Waals surface area contributed by atoms with Gasteiger partial charge in [0, 0.05) is 13.2 Å². The van der Waals surface area contributed by atoms with E-state index in [4.69, 9.17) is 20.1 Å². The smallest absolute Gasteiger partial charge is 0.100 e. The van der Waals surface area contributed by atoms with Crippen LogP contribution in [0.1, 0.15) is 6.42 Å². The van der Waals surface area contributed by atoms with Gasteiger partial charge in [-0.25, -0.2) is 0 Å². The minimum absolute atomic E-state index is 0.0925. The van der Waals surface area contributed by atoms with Crippen LogP contribution in [-0.4, -0.2) is 47.9 Å². The maximum atomic E-state index is 8.72. The lowest BCUT2D eigenvalue weighted by atomic mass is 10.4. The van der Waals surface area contributed by atoms with Gasteiger partial charge < -0.3 is 20.1 Å². The molecule has 0 aliphatic heterocycles. The summed E-state index contributed by atoms with van der Waals surface area (Å²) in [5, 5.41) is 25.3. The minimum Gasteiger partial charge on any atom is -0.396 e. The molecule has 1 atom stereocenters. The van der Waals surface area contributed by atoms with Gasteiger partial charge in [-0.15, -0.1) is 13.2 Å². The zero-order valence-corrected chi connectivity index (χ0v) is 7.28. The Kier molecular flexibility index (Phi) is 15.5. The third-order valence-corrected chi connectivity index (χ3v) is 0.968. The van der Waals surface area contributed by atoms with E-state index in [1.165, 1.54) is 0 Å². The zero-order valence-electron chi connectivity index (χ0n) is 7.28. The maximum absolute atomic E-state index is 8.72. The molecule has 0 aromatic rings. The second-order valence-electron chi connectivity index (χ2n) is 1.99. The van der Waals surface area contributed by atoms with Crippen molar-refractivity contribution in [2.75, 3.05) is 26.4 Å². The number of rotatable bonds is 6. The molecule has 74 valence electrons. The number of aliphatic hydroxyl groups is 3. The molecule has 0 saturated heterocycles. The lowest BCUT2D eigenvalue weighted by Gasteiger charge is -2.06. The van der Waals surface area contributed by atoms with E-state index in [0.29, 0.717) is 13.0 Å². The summed E-state index contributed by atoms with van der Waals surface area (Å²) >= 11 is 0. The fourth-order valence-electron chi connectivity index (χ4n) is 0.439. The highest BCUT2D eigenvalue weighted by Gasteiger charge is 1.99. The van der Waals surface area contributed by atoms with E-state index in [2.05, 4.69) is 13.2 Å². The molecule has 0 fully saturated rings. The molecule has 4 heteroatoms. The van der Waals surface area contributed by atoms with Gasteiger partial charge in [-0.2, -0.15) is 0 Å². The topological polar surface area (TPSA) is 69.9 Å². The Morgan fingerprint density at radius 2 is 1.83 bits per heavy atom. The maximum Gasteiger partial charge on any atom is 0.100 e. The zero-order chi connectivity index (χ0) is 9.82. The lowest BCUT2D eigenvalue weighted by Crippen LogP contribution is -2.19. The quantitative estimate of drug-likeness (QED) is 0.380. The van der Waals surface area contributed by atoms with Crippen molar-refractivity contribution in [1.82, 2.24) is 0 Å². The SMILES string of the molecule is C=C.OCCCOCC(O)CO. The number of hydrogen-bond acceptors (Lipinski definition) is 4. The molecular weight excluding hydrogens is 160 g/mol. The normalized spacial score (nSPS) is 11.6. The Morgan fingerprint density at radius 3 is 2.25 bits per heavy atom. The fraction of sp³-hybridized carbons (Fsp3) is 0.750. The Morgan fingerprint density at radius 1 is 1.25 bits per heavy atom. The second-order valence-corrected chi connectivity index (χ2v) is 1.99. The van der Waals surface area contributed by atoms with Gasteiger partial charge in [-0.1, -0.05) is 0 Å². The Bertz CT molecular complexity index is 77.5. The molecule has 0 bridgehead atoms. The van der Waals surface area contributed by atoms with Crippen LogP contribution in [0.5, 0.6) is 0 Å². The molecule has 0 heterocycles. The molecule has 0 aliphatic carbocycles. The van der Waals surface area contributed by atoms with Crippen molar-refractivity contribution in [3.8, 4) is 0 Å². The van der Waals surface area contributed by atoms with Gasteiger partial charge in [0.2, 0.25) is 0 Å². The van der Waals surface area contributed by atoms with E-state index in [9.17, 15) is 0 Å². The standard InChI is InChI=1S/C6H14O4.C2H4/c7-2-1-3-10-5-6(9)4-8;1-2/h6-9H,1-5H2;1-2H2. The van der Waals surface area contributed by atoms with E-state index in [1.807, 2.05) is 0 Å². The Balaban J connectivity index is 0. The van der Waals surface area contributed by atoms with Crippen molar-refractivity contribution in [3.05, 3.63) is 13.2 Å². The molecule has 0 amide bonds. The largest absolute Gasteiger partial charge is 0.396 e. The number of hydrogen-bond donors (Lipinski definition) is 3. The number of ether oxygens (including phenoxy) is 1. The predicted molar refractivity (Wildman–Crippen MR) is 46.9 cm³/mol. The Labute approximate surface area is 73.1 Å². The van der Waals surface area contributed by atoms with Gasteiger partial charge in [-0.05, 0) is 6.42 Å². The second kappa shape index (κ2) is 13.2. The van der Waals surface area contributed by atoms with Gasteiger partial charge >= 0.3 is 0 Å². The van der Waals surface area contributed by atoms with Crippen molar-refractivity contribution in [1.29, 1.82) is 0 Å². The van der Waals surface area contributed by atoms with Gasteiger partial charge in [0.25, 0.3) is 0 Å². The average molecular weight is 178 g/mol. The first-order valence-corrected chi connectivity index (χ1v) is 3.78. The van der Waals surface area contributed by atoms with E-state index in [0.717, 1.165) is 0 Å². The van der Waals surface area contributed by atoms with Gasteiger partial charge in [-0.3, -0.25) is 0 Å². The molecule has 12 heavy (non-hydrogen) atoms. The first kappa shape index (κ1) is 14.1. The molecule has 3 N–H and O–H groups in total.